The monoisotopic (exact) mass is 361 g/mol. The van der Waals surface area contributed by atoms with E-state index in [4.69, 9.17) is 0 Å². The molecule has 25 heavy (non-hydrogen) atoms. The lowest BCUT2D eigenvalue weighted by Gasteiger charge is -2.29. The van der Waals surface area contributed by atoms with E-state index in [0.29, 0.717) is 13.0 Å². The van der Waals surface area contributed by atoms with Crippen LogP contribution in [0.15, 0.2) is 41.8 Å². The molecular formula is C19H27N3O2S. The van der Waals surface area contributed by atoms with E-state index >= 15 is 0 Å². The van der Waals surface area contributed by atoms with Gasteiger partial charge in [0.2, 0.25) is 0 Å². The molecule has 1 aromatic carbocycles. The molecule has 1 aromatic rings. The number of rotatable bonds is 7. The number of phenols is 1. The molecule has 2 rings (SSSR count). The highest BCUT2D eigenvalue weighted by Gasteiger charge is 2.36. The lowest BCUT2D eigenvalue weighted by atomic mass is 9.96. The number of nitrogens with one attached hydrogen (secondary N) is 3. The number of hydrogen-bond donors (Lipinski definition) is 5. The Bertz CT molecular complexity index is 675. The van der Waals surface area contributed by atoms with Crippen LogP contribution in [0.5, 0.6) is 5.75 Å². The van der Waals surface area contributed by atoms with Gasteiger partial charge < -0.3 is 21.1 Å². The van der Waals surface area contributed by atoms with Crippen molar-refractivity contribution in [2.24, 2.45) is 0 Å². The minimum atomic E-state index is -0.228. The fourth-order valence-electron chi connectivity index (χ4n) is 3.25. The predicted molar refractivity (Wildman–Crippen MR) is 105 cm³/mol. The number of thiol groups is 1. The Morgan fingerprint density at radius 2 is 2.16 bits per heavy atom. The first-order valence-corrected chi connectivity index (χ1v) is 8.93. The zero-order valence-electron chi connectivity index (χ0n) is 14.8. The number of carbonyl (C=O) groups excluding carboxylic acids is 1. The topological polar surface area (TPSA) is 73.4 Å². The zero-order chi connectivity index (χ0) is 18.4. The molecule has 0 saturated carbocycles. The maximum absolute atomic E-state index is 12.2. The number of hydrogen-bond acceptors (Lipinski definition) is 4. The molecule has 2 unspecified atom stereocenters. The van der Waals surface area contributed by atoms with E-state index in [2.05, 4.69) is 35.2 Å². The standard InChI is InChI=1S/C19H27N3O2S/c1-4-14(11-25)7-13(2)22-18(24)21-12-19(20-3)9-15-5-6-17(23)8-16(15)10-19/h4-6,8,11,13,20,23,25H,1,7,9-10,12H2,2-3H3,(H2,21,22,24)/b14-11+. The van der Waals surface area contributed by atoms with Gasteiger partial charge in [-0.2, -0.15) is 12.6 Å². The van der Waals surface area contributed by atoms with Crippen molar-refractivity contribution < 1.29 is 9.90 Å². The van der Waals surface area contributed by atoms with E-state index in [1.54, 1.807) is 23.6 Å². The van der Waals surface area contributed by atoms with Gasteiger partial charge in [0.05, 0.1) is 0 Å². The van der Waals surface area contributed by atoms with Crippen LogP contribution in [0.2, 0.25) is 0 Å². The molecular weight excluding hydrogens is 334 g/mol. The minimum absolute atomic E-state index is 0.0142. The van der Waals surface area contributed by atoms with Crippen LogP contribution in [-0.4, -0.2) is 36.3 Å². The van der Waals surface area contributed by atoms with Gasteiger partial charge in [-0.3, -0.25) is 0 Å². The van der Waals surface area contributed by atoms with Crippen molar-refractivity contribution in [3.05, 3.63) is 53.0 Å². The van der Waals surface area contributed by atoms with Gasteiger partial charge in [0.15, 0.2) is 0 Å². The van der Waals surface area contributed by atoms with Crippen molar-refractivity contribution >= 4 is 18.7 Å². The van der Waals surface area contributed by atoms with Crippen LogP contribution in [0, 0.1) is 0 Å². The first kappa shape index (κ1) is 19.4. The second kappa shape index (κ2) is 8.45. The summed E-state index contributed by atoms with van der Waals surface area (Å²) in [7, 11) is 1.90. The van der Waals surface area contributed by atoms with E-state index in [0.717, 1.165) is 24.0 Å². The molecule has 0 spiro atoms. The Balaban J connectivity index is 1.89. The van der Waals surface area contributed by atoms with Gasteiger partial charge in [0.25, 0.3) is 0 Å². The van der Waals surface area contributed by atoms with Gasteiger partial charge in [-0.1, -0.05) is 18.7 Å². The average molecular weight is 362 g/mol. The van der Waals surface area contributed by atoms with Crippen LogP contribution < -0.4 is 16.0 Å². The van der Waals surface area contributed by atoms with Gasteiger partial charge in [-0.05, 0) is 67.5 Å². The molecule has 4 N–H and O–H groups in total. The van der Waals surface area contributed by atoms with Crippen molar-refractivity contribution in [2.75, 3.05) is 13.6 Å². The summed E-state index contributed by atoms with van der Waals surface area (Å²) in [6.45, 7) is 6.18. The molecule has 0 heterocycles. The molecule has 0 fully saturated rings. The molecule has 0 radical (unpaired) electrons. The van der Waals surface area contributed by atoms with Crippen molar-refractivity contribution in [3.8, 4) is 5.75 Å². The molecule has 0 aliphatic heterocycles. The van der Waals surface area contributed by atoms with E-state index in [1.165, 1.54) is 5.56 Å². The number of likely N-dealkylation sites (N-methyl/N-ethyl adjacent to an activating group) is 1. The molecule has 0 aromatic heterocycles. The van der Waals surface area contributed by atoms with Crippen molar-refractivity contribution in [3.63, 3.8) is 0 Å². The summed E-state index contributed by atoms with van der Waals surface area (Å²) in [5, 5.41) is 20.6. The number of amides is 2. The van der Waals surface area contributed by atoms with E-state index in [9.17, 15) is 9.90 Å². The molecule has 5 nitrogen and oxygen atoms in total. The fraction of sp³-hybridized carbons (Fsp3) is 0.421. The van der Waals surface area contributed by atoms with Gasteiger partial charge in [-0.25, -0.2) is 4.79 Å². The van der Waals surface area contributed by atoms with Crippen LogP contribution in [0.1, 0.15) is 24.5 Å². The molecule has 1 aliphatic rings. The summed E-state index contributed by atoms with van der Waals surface area (Å²) in [5.41, 5.74) is 3.08. The molecule has 1 aliphatic carbocycles. The number of fused-ring (bicyclic) bond motifs is 1. The highest BCUT2D eigenvalue weighted by Crippen LogP contribution is 2.31. The van der Waals surface area contributed by atoms with Gasteiger partial charge >= 0.3 is 6.03 Å². The number of aromatic hydroxyl groups is 1. The molecule has 2 amide bonds. The molecule has 6 heteroatoms. The summed E-state index contributed by atoms with van der Waals surface area (Å²) in [5.74, 6) is 0.278. The highest BCUT2D eigenvalue weighted by molar-refractivity contribution is 7.83. The Labute approximate surface area is 155 Å². The maximum Gasteiger partial charge on any atom is 0.315 e. The SMILES string of the molecule is C=C/C(=C\S)CC(C)NC(=O)NCC1(NC)Cc2ccc(O)cc2C1. The van der Waals surface area contributed by atoms with Crippen LogP contribution in [0.3, 0.4) is 0 Å². The number of urea groups is 1. The molecule has 2 atom stereocenters. The first-order chi connectivity index (χ1) is 11.9. The Morgan fingerprint density at radius 1 is 1.44 bits per heavy atom. The Morgan fingerprint density at radius 3 is 2.80 bits per heavy atom. The molecule has 0 bridgehead atoms. The number of phenolic OH excluding ortho intramolecular Hbond substituents is 1. The third-order valence-electron chi connectivity index (χ3n) is 4.71. The van der Waals surface area contributed by atoms with E-state index in [1.807, 2.05) is 20.0 Å². The summed E-state index contributed by atoms with van der Waals surface area (Å²) < 4.78 is 0. The zero-order valence-corrected chi connectivity index (χ0v) is 15.7. The van der Waals surface area contributed by atoms with Crippen LogP contribution in [0.4, 0.5) is 4.79 Å². The van der Waals surface area contributed by atoms with Crippen molar-refractivity contribution in [1.82, 2.24) is 16.0 Å². The fourth-order valence-corrected chi connectivity index (χ4v) is 3.46. The van der Waals surface area contributed by atoms with Crippen LogP contribution >= 0.6 is 12.6 Å². The lowest BCUT2D eigenvalue weighted by molar-refractivity contribution is 0.232. The second-order valence-corrected chi connectivity index (χ2v) is 6.94. The van der Waals surface area contributed by atoms with Crippen molar-refractivity contribution in [2.45, 2.75) is 37.8 Å². The minimum Gasteiger partial charge on any atom is -0.508 e. The van der Waals surface area contributed by atoms with Crippen LogP contribution in [0.25, 0.3) is 0 Å². The summed E-state index contributed by atoms with van der Waals surface area (Å²) in [6.07, 6.45) is 4.01. The largest absolute Gasteiger partial charge is 0.508 e. The van der Waals surface area contributed by atoms with Crippen molar-refractivity contribution in [1.29, 1.82) is 0 Å². The number of benzene rings is 1. The summed E-state index contributed by atoms with van der Waals surface area (Å²) in [4.78, 5) is 12.2. The summed E-state index contributed by atoms with van der Waals surface area (Å²) in [6, 6.07) is 5.26. The van der Waals surface area contributed by atoms with E-state index < -0.39 is 0 Å². The number of carbonyl (C=O) groups is 1. The normalized spacial score (nSPS) is 20.7. The quantitative estimate of drug-likeness (QED) is 0.383. The molecule has 136 valence electrons. The third kappa shape index (κ3) is 5.03. The average Bonchev–Trinajstić information content (AvgIpc) is 2.96. The van der Waals surface area contributed by atoms with Gasteiger partial charge in [0, 0.05) is 18.1 Å². The third-order valence-corrected chi connectivity index (χ3v) is 5.04. The number of allylic oxidation sites excluding steroid dienone is 1. The van der Waals surface area contributed by atoms with E-state index in [-0.39, 0.29) is 23.4 Å². The predicted octanol–water partition coefficient (Wildman–Crippen LogP) is 2.53. The Hall–Kier alpha value is -1.92. The van der Waals surface area contributed by atoms with Gasteiger partial charge in [-0.15, -0.1) is 0 Å². The smallest absolute Gasteiger partial charge is 0.315 e. The second-order valence-electron chi connectivity index (χ2n) is 6.68. The lowest BCUT2D eigenvalue weighted by Crippen LogP contribution is -2.55. The highest BCUT2D eigenvalue weighted by atomic mass is 32.1. The first-order valence-electron chi connectivity index (χ1n) is 8.41. The van der Waals surface area contributed by atoms with Gasteiger partial charge in [0.1, 0.15) is 5.75 Å². The molecule has 0 saturated heterocycles. The Kier molecular flexibility index (Phi) is 6.56. The van der Waals surface area contributed by atoms with Crippen LogP contribution in [-0.2, 0) is 12.8 Å². The maximum atomic E-state index is 12.2. The summed E-state index contributed by atoms with van der Waals surface area (Å²) >= 11 is 4.13.